The Labute approximate surface area is 222 Å². The van der Waals surface area contributed by atoms with Crippen LogP contribution in [-0.4, -0.2) is 22.7 Å². The molecule has 0 atom stereocenters. The van der Waals surface area contributed by atoms with Crippen molar-refractivity contribution < 1.29 is 23.6 Å². The lowest BCUT2D eigenvalue weighted by Crippen LogP contribution is -2.13. The van der Waals surface area contributed by atoms with Crippen LogP contribution in [0.25, 0.3) is 17.2 Å². The molecular weight excluding hydrogens is 482 g/mol. The molecule has 1 aromatic heterocycles. The van der Waals surface area contributed by atoms with Crippen molar-refractivity contribution in [3.8, 4) is 17.2 Å². The summed E-state index contributed by atoms with van der Waals surface area (Å²) < 4.78 is 16.1. The largest absolute Gasteiger partial charge is 0.485 e. The molecular formula is C30H31N3O5. The lowest BCUT2D eigenvalue weighted by Gasteiger charge is -2.12. The number of nitrogens with one attached hydrogen (secondary N) is 1. The van der Waals surface area contributed by atoms with Gasteiger partial charge in [0, 0.05) is 12.0 Å². The zero-order valence-electron chi connectivity index (χ0n) is 21.3. The van der Waals surface area contributed by atoms with Gasteiger partial charge in [-0.05, 0) is 55.2 Å². The van der Waals surface area contributed by atoms with Crippen LogP contribution in [0.15, 0.2) is 95.5 Å². The molecule has 0 spiro atoms. The summed E-state index contributed by atoms with van der Waals surface area (Å²) in [6, 6.07) is 27.2. The fourth-order valence-electron chi connectivity index (χ4n) is 3.60. The van der Waals surface area contributed by atoms with E-state index in [9.17, 15) is 4.79 Å². The Kier molecular flexibility index (Phi) is 10.1. The zero-order valence-corrected chi connectivity index (χ0v) is 21.3. The molecule has 0 radical (unpaired) electrons. The second-order valence-corrected chi connectivity index (χ2v) is 8.39. The topological polar surface area (TPSA) is 95.7 Å². The lowest BCUT2D eigenvalue weighted by atomic mass is 10.1. The predicted octanol–water partition coefficient (Wildman–Crippen LogP) is 6.11. The molecule has 0 fully saturated rings. The Morgan fingerprint density at radius 1 is 0.947 bits per heavy atom. The van der Waals surface area contributed by atoms with Crippen LogP contribution in [0.3, 0.4) is 0 Å². The Morgan fingerprint density at radius 3 is 2.42 bits per heavy atom. The first-order valence-corrected chi connectivity index (χ1v) is 12.6. The monoisotopic (exact) mass is 513 g/mol. The number of esters is 1. The van der Waals surface area contributed by atoms with E-state index in [0.717, 1.165) is 28.8 Å². The molecule has 0 saturated carbocycles. The molecule has 0 amide bonds. The molecule has 196 valence electrons. The third kappa shape index (κ3) is 8.31. The maximum Gasteiger partial charge on any atom is 0.305 e. The van der Waals surface area contributed by atoms with Crippen molar-refractivity contribution in [1.82, 2.24) is 15.6 Å². The van der Waals surface area contributed by atoms with Gasteiger partial charge in [-0.25, -0.2) is 0 Å². The number of hydroxylamine groups is 1. The van der Waals surface area contributed by atoms with Gasteiger partial charge >= 0.3 is 5.97 Å². The van der Waals surface area contributed by atoms with Crippen LogP contribution in [-0.2, 0) is 27.6 Å². The molecule has 0 saturated heterocycles. The van der Waals surface area contributed by atoms with Gasteiger partial charge < -0.3 is 14.0 Å². The Morgan fingerprint density at radius 2 is 1.68 bits per heavy atom. The van der Waals surface area contributed by atoms with Crippen LogP contribution in [0.5, 0.6) is 5.75 Å². The summed E-state index contributed by atoms with van der Waals surface area (Å²) in [5.41, 5.74) is 6.76. The van der Waals surface area contributed by atoms with E-state index in [1.807, 2.05) is 97.9 Å². The number of rotatable bonds is 14. The van der Waals surface area contributed by atoms with Gasteiger partial charge in [0.25, 0.3) is 5.89 Å². The molecule has 8 heteroatoms. The van der Waals surface area contributed by atoms with Gasteiger partial charge in [-0.15, -0.1) is 0 Å². The van der Waals surface area contributed by atoms with Crippen LogP contribution < -0.4 is 10.2 Å². The summed E-state index contributed by atoms with van der Waals surface area (Å²) >= 11 is 0. The summed E-state index contributed by atoms with van der Waals surface area (Å²) in [4.78, 5) is 21.7. The highest BCUT2D eigenvalue weighted by Gasteiger charge is 2.09. The smallest absolute Gasteiger partial charge is 0.305 e. The minimum atomic E-state index is -0.173. The third-order valence-corrected chi connectivity index (χ3v) is 5.52. The van der Waals surface area contributed by atoms with Crippen molar-refractivity contribution in [1.29, 1.82) is 0 Å². The van der Waals surface area contributed by atoms with Crippen molar-refractivity contribution >= 4 is 11.7 Å². The predicted molar refractivity (Wildman–Crippen MR) is 143 cm³/mol. The maximum atomic E-state index is 11.6. The van der Waals surface area contributed by atoms with Gasteiger partial charge in [-0.2, -0.15) is 4.98 Å². The molecule has 4 rings (SSSR count). The highest BCUT2D eigenvalue weighted by Crippen LogP contribution is 2.19. The lowest BCUT2D eigenvalue weighted by molar-refractivity contribution is -0.143. The molecule has 3 aromatic carbocycles. The Hall–Kier alpha value is -4.43. The minimum absolute atomic E-state index is 0.173. The number of benzene rings is 3. The second-order valence-electron chi connectivity index (χ2n) is 8.39. The third-order valence-electron chi connectivity index (χ3n) is 5.52. The molecule has 0 aliphatic carbocycles. The van der Waals surface area contributed by atoms with Gasteiger partial charge in [-0.3, -0.25) is 15.1 Å². The number of carbonyl (C=O) groups excluding carboxylic acids is 1. The number of nitrogens with zero attached hydrogens (tertiary/aromatic N) is 2. The van der Waals surface area contributed by atoms with Crippen molar-refractivity contribution in [2.75, 3.05) is 6.61 Å². The molecule has 38 heavy (non-hydrogen) atoms. The molecule has 0 bridgehead atoms. The number of allylic oxidation sites excluding steroid dienone is 1. The maximum absolute atomic E-state index is 11.6. The molecule has 0 unspecified atom stereocenters. The summed E-state index contributed by atoms with van der Waals surface area (Å²) in [7, 11) is 0. The highest BCUT2D eigenvalue weighted by atomic mass is 16.6. The number of carbonyl (C=O) groups is 1. The van der Waals surface area contributed by atoms with E-state index < -0.39 is 0 Å². The summed E-state index contributed by atoms with van der Waals surface area (Å²) in [5, 5.41) is 3.98. The second kappa shape index (κ2) is 14.3. The van der Waals surface area contributed by atoms with Gasteiger partial charge in [0.05, 0.1) is 18.9 Å². The fourth-order valence-corrected chi connectivity index (χ4v) is 3.60. The fraction of sp³-hybridized carbons (Fsp3) is 0.233. The van der Waals surface area contributed by atoms with Crippen LogP contribution in [0.4, 0.5) is 0 Å². The van der Waals surface area contributed by atoms with E-state index in [2.05, 4.69) is 15.6 Å². The first-order valence-electron chi connectivity index (χ1n) is 12.6. The Bertz CT molecular complexity index is 1290. The molecule has 1 N–H and O–H groups in total. The number of hydrogen-bond acceptors (Lipinski definition) is 8. The molecule has 0 aliphatic rings. The molecule has 4 aromatic rings. The van der Waals surface area contributed by atoms with Crippen LogP contribution >= 0.6 is 0 Å². The average Bonchev–Trinajstić information content (AvgIpc) is 3.44. The van der Waals surface area contributed by atoms with E-state index in [1.54, 1.807) is 0 Å². The Balaban J connectivity index is 1.25. The van der Waals surface area contributed by atoms with Gasteiger partial charge in [0.15, 0.2) is 6.61 Å². The summed E-state index contributed by atoms with van der Waals surface area (Å²) in [6.45, 7) is 2.78. The van der Waals surface area contributed by atoms with Crippen LogP contribution in [0.2, 0.25) is 0 Å². The molecule has 1 heterocycles. The van der Waals surface area contributed by atoms with E-state index in [0.29, 0.717) is 43.5 Å². The SMILES string of the molecule is CCOC(=O)CCCC=C(NOCc1ccc(OCc2noc(-c3ccccc3)n2)cc1)c1ccccc1. The zero-order chi connectivity index (χ0) is 26.4. The number of hydrogen-bond donors (Lipinski definition) is 1. The van der Waals surface area contributed by atoms with Crippen LogP contribution in [0.1, 0.15) is 43.1 Å². The van der Waals surface area contributed by atoms with Crippen LogP contribution in [0, 0.1) is 0 Å². The minimum Gasteiger partial charge on any atom is -0.485 e. The normalized spacial score (nSPS) is 11.2. The van der Waals surface area contributed by atoms with E-state index in [-0.39, 0.29) is 12.6 Å². The van der Waals surface area contributed by atoms with Gasteiger partial charge in [0.1, 0.15) is 5.75 Å². The number of unbranched alkanes of at least 4 members (excludes halogenated alkanes) is 1. The van der Waals surface area contributed by atoms with Crippen molar-refractivity contribution in [3.63, 3.8) is 0 Å². The van der Waals surface area contributed by atoms with Crippen molar-refractivity contribution in [2.45, 2.75) is 39.4 Å². The first-order chi connectivity index (χ1) is 18.7. The van der Waals surface area contributed by atoms with E-state index in [4.69, 9.17) is 18.8 Å². The number of aromatic nitrogens is 2. The first kappa shape index (κ1) is 26.6. The molecule has 0 aliphatic heterocycles. The highest BCUT2D eigenvalue weighted by molar-refractivity contribution is 5.69. The van der Waals surface area contributed by atoms with Gasteiger partial charge in [-0.1, -0.05) is 71.9 Å². The van der Waals surface area contributed by atoms with Gasteiger partial charge in [0.2, 0.25) is 5.82 Å². The van der Waals surface area contributed by atoms with E-state index in [1.165, 1.54) is 0 Å². The van der Waals surface area contributed by atoms with Crippen molar-refractivity contribution in [2.24, 2.45) is 0 Å². The van der Waals surface area contributed by atoms with Crippen molar-refractivity contribution in [3.05, 3.63) is 108 Å². The number of ether oxygens (including phenoxy) is 2. The summed E-state index contributed by atoms with van der Waals surface area (Å²) in [5.74, 6) is 1.46. The average molecular weight is 514 g/mol. The standard InChI is InChI=1S/C30H31N3O5/c1-2-35-29(34)16-10-9-15-27(24-11-5-3-6-12-24)32-37-21-23-17-19-26(20-18-23)36-22-28-31-30(38-33-28)25-13-7-4-8-14-25/h3-8,11-15,17-20,32H,2,9-10,16,21-22H2,1H3. The summed E-state index contributed by atoms with van der Waals surface area (Å²) in [6.07, 6.45) is 3.85. The quantitative estimate of drug-likeness (QED) is 0.123. The van der Waals surface area contributed by atoms with E-state index >= 15 is 0 Å². The molecule has 8 nitrogen and oxygen atoms in total.